The molecule has 0 atom stereocenters. The average molecular weight is 341 g/mol. The number of hydrogen-bond acceptors (Lipinski definition) is 3. The fourth-order valence-corrected chi connectivity index (χ4v) is 3.91. The standard InChI is InChI=1S/C19H19NO3S/c1-3-20(24(21,22)17-11-9-15(2)10-12-17)19-14-13-18(23-19)16-7-5-4-6-8-16/h4-14H,3H2,1-2H3. The van der Waals surface area contributed by atoms with Crippen LogP contribution in [0.2, 0.25) is 0 Å². The lowest BCUT2D eigenvalue weighted by Gasteiger charge is -2.20. The second-order valence-electron chi connectivity index (χ2n) is 5.49. The summed E-state index contributed by atoms with van der Waals surface area (Å²) in [5, 5.41) is 0. The zero-order valence-corrected chi connectivity index (χ0v) is 14.5. The van der Waals surface area contributed by atoms with Crippen molar-refractivity contribution in [2.24, 2.45) is 0 Å². The van der Waals surface area contributed by atoms with E-state index in [1.54, 1.807) is 43.3 Å². The van der Waals surface area contributed by atoms with Crippen molar-refractivity contribution in [2.45, 2.75) is 18.7 Å². The minimum Gasteiger partial charge on any atom is -0.440 e. The lowest BCUT2D eigenvalue weighted by molar-refractivity contribution is 0.561. The van der Waals surface area contributed by atoms with Crippen LogP contribution in [-0.2, 0) is 10.0 Å². The Morgan fingerprint density at radius 2 is 1.58 bits per heavy atom. The molecule has 0 saturated carbocycles. The number of furan rings is 1. The highest BCUT2D eigenvalue weighted by Gasteiger charge is 2.26. The molecule has 5 heteroatoms. The minimum atomic E-state index is -3.65. The van der Waals surface area contributed by atoms with Crippen molar-refractivity contribution in [3.05, 3.63) is 72.3 Å². The molecular formula is C19H19NO3S. The number of sulfonamides is 1. The van der Waals surface area contributed by atoms with E-state index in [-0.39, 0.29) is 11.4 Å². The van der Waals surface area contributed by atoms with Gasteiger partial charge >= 0.3 is 0 Å². The normalized spacial score (nSPS) is 11.4. The van der Waals surface area contributed by atoms with Crippen LogP contribution in [0.3, 0.4) is 0 Å². The van der Waals surface area contributed by atoms with E-state index in [1.807, 2.05) is 37.3 Å². The summed E-state index contributed by atoms with van der Waals surface area (Å²) < 4.78 is 32.9. The predicted octanol–water partition coefficient (Wildman–Crippen LogP) is 4.47. The summed E-state index contributed by atoms with van der Waals surface area (Å²) in [6, 6.07) is 19.9. The van der Waals surface area contributed by atoms with Crippen molar-refractivity contribution in [3.63, 3.8) is 0 Å². The largest absolute Gasteiger partial charge is 0.440 e. The molecule has 1 heterocycles. The first-order chi connectivity index (χ1) is 11.5. The van der Waals surface area contributed by atoms with Gasteiger partial charge in [-0.15, -0.1) is 0 Å². The Hall–Kier alpha value is -2.53. The number of nitrogens with zero attached hydrogens (tertiary/aromatic N) is 1. The second-order valence-corrected chi connectivity index (χ2v) is 7.35. The Kier molecular flexibility index (Phi) is 4.44. The SMILES string of the molecule is CCN(c1ccc(-c2ccccc2)o1)S(=O)(=O)c1ccc(C)cc1. The molecule has 24 heavy (non-hydrogen) atoms. The molecule has 124 valence electrons. The molecule has 0 bridgehead atoms. The summed E-state index contributed by atoms with van der Waals surface area (Å²) >= 11 is 0. The Balaban J connectivity index is 1.97. The van der Waals surface area contributed by atoms with Crippen LogP contribution in [0.5, 0.6) is 0 Å². The minimum absolute atomic E-state index is 0.257. The topological polar surface area (TPSA) is 50.5 Å². The summed E-state index contributed by atoms with van der Waals surface area (Å²) in [6.45, 7) is 4.00. The van der Waals surface area contributed by atoms with Crippen molar-refractivity contribution in [2.75, 3.05) is 10.8 Å². The summed E-state index contributed by atoms with van der Waals surface area (Å²) in [4.78, 5) is 0.257. The fraction of sp³-hybridized carbons (Fsp3) is 0.158. The quantitative estimate of drug-likeness (QED) is 0.688. The molecule has 0 radical (unpaired) electrons. The Labute approximate surface area is 142 Å². The maximum absolute atomic E-state index is 12.9. The Morgan fingerprint density at radius 1 is 0.917 bits per heavy atom. The molecule has 0 amide bonds. The van der Waals surface area contributed by atoms with Crippen LogP contribution >= 0.6 is 0 Å². The molecule has 3 rings (SSSR count). The smallest absolute Gasteiger partial charge is 0.266 e. The molecule has 0 saturated heterocycles. The number of rotatable bonds is 5. The van der Waals surface area contributed by atoms with Gasteiger partial charge in [-0.05, 0) is 32.0 Å². The average Bonchev–Trinajstić information content (AvgIpc) is 3.06. The van der Waals surface area contributed by atoms with Crippen LogP contribution in [0, 0.1) is 6.92 Å². The third-order valence-electron chi connectivity index (χ3n) is 3.79. The van der Waals surface area contributed by atoms with E-state index in [0.717, 1.165) is 11.1 Å². The van der Waals surface area contributed by atoms with Crippen molar-refractivity contribution in [3.8, 4) is 11.3 Å². The van der Waals surface area contributed by atoms with Crippen LogP contribution < -0.4 is 4.31 Å². The van der Waals surface area contributed by atoms with E-state index >= 15 is 0 Å². The van der Waals surface area contributed by atoms with Gasteiger partial charge in [0, 0.05) is 18.2 Å². The maximum atomic E-state index is 12.9. The molecule has 0 unspecified atom stereocenters. The molecule has 0 aliphatic heterocycles. The summed E-state index contributed by atoms with van der Waals surface area (Å²) in [5.41, 5.74) is 1.92. The monoisotopic (exact) mass is 341 g/mol. The number of anilines is 1. The zero-order chi connectivity index (χ0) is 17.2. The number of hydrogen-bond donors (Lipinski definition) is 0. The summed E-state index contributed by atoms with van der Waals surface area (Å²) in [6.07, 6.45) is 0. The molecule has 4 nitrogen and oxygen atoms in total. The van der Waals surface area contributed by atoms with Crippen LogP contribution in [0.1, 0.15) is 12.5 Å². The zero-order valence-electron chi connectivity index (χ0n) is 13.6. The van der Waals surface area contributed by atoms with Gasteiger partial charge in [0.25, 0.3) is 10.0 Å². The van der Waals surface area contributed by atoms with Gasteiger partial charge in [-0.2, -0.15) is 0 Å². The van der Waals surface area contributed by atoms with Gasteiger partial charge < -0.3 is 4.42 Å². The summed E-state index contributed by atoms with van der Waals surface area (Å²) in [7, 11) is -3.65. The van der Waals surface area contributed by atoms with E-state index in [0.29, 0.717) is 11.6 Å². The molecule has 3 aromatic rings. The maximum Gasteiger partial charge on any atom is 0.266 e. The first-order valence-corrected chi connectivity index (χ1v) is 9.21. The van der Waals surface area contributed by atoms with E-state index in [4.69, 9.17) is 4.42 Å². The van der Waals surface area contributed by atoms with Gasteiger partial charge in [-0.3, -0.25) is 0 Å². The van der Waals surface area contributed by atoms with Gasteiger partial charge in [0.1, 0.15) is 5.76 Å². The van der Waals surface area contributed by atoms with Crippen molar-refractivity contribution in [1.82, 2.24) is 0 Å². The van der Waals surface area contributed by atoms with Gasteiger partial charge in [0.15, 0.2) is 0 Å². The van der Waals surface area contributed by atoms with Gasteiger partial charge in [0.05, 0.1) is 4.90 Å². The molecule has 0 aliphatic carbocycles. The Morgan fingerprint density at radius 3 is 2.21 bits per heavy atom. The van der Waals surface area contributed by atoms with E-state index in [1.165, 1.54) is 4.31 Å². The number of aryl methyl sites for hydroxylation is 1. The van der Waals surface area contributed by atoms with Crippen molar-refractivity contribution in [1.29, 1.82) is 0 Å². The molecule has 2 aromatic carbocycles. The van der Waals surface area contributed by atoms with Gasteiger partial charge in [-0.1, -0.05) is 48.0 Å². The highest BCUT2D eigenvalue weighted by Crippen LogP contribution is 2.30. The van der Waals surface area contributed by atoms with Crippen LogP contribution in [-0.4, -0.2) is 15.0 Å². The lowest BCUT2D eigenvalue weighted by Crippen LogP contribution is -2.30. The van der Waals surface area contributed by atoms with Gasteiger partial charge in [0.2, 0.25) is 5.88 Å². The molecule has 1 aromatic heterocycles. The van der Waals surface area contributed by atoms with Crippen LogP contribution in [0.4, 0.5) is 5.88 Å². The van der Waals surface area contributed by atoms with Crippen molar-refractivity contribution < 1.29 is 12.8 Å². The van der Waals surface area contributed by atoms with E-state index < -0.39 is 10.0 Å². The fourth-order valence-electron chi connectivity index (χ4n) is 2.50. The Bertz CT molecular complexity index is 913. The van der Waals surface area contributed by atoms with E-state index in [2.05, 4.69) is 0 Å². The lowest BCUT2D eigenvalue weighted by atomic mass is 10.2. The first kappa shape index (κ1) is 16.3. The number of benzene rings is 2. The molecule has 0 fully saturated rings. The van der Waals surface area contributed by atoms with Gasteiger partial charge in [-0.25, -0.2) is 12.7 Å². The first-order valence-electron chi connectivity index (χ1n) is 7.77. The van der Waals surface area contributed by atoms with E-state index in [9.17, 15) is 8.42 Å². The van der Waals surface area contributed by atoms with Crippen LogP contribution in [0.15, 0.2) is 76.0 Å². The predicted molar refractivity (Wildman–Crippen MR) is 95.5 cm³/mol. The highest BCUT2D eigenvalue weighted by molar-refractivity contribution is 7.92. The summed E-state index contributed by atoms with van der Waals surface area (Å²) in [5.74, 6) is 0.958. The third kappa shape index (κ3) is 3.08. The molecular weight excluding hydrogens is 322 g/mol. The molecule has 0 spiro atoms. The van der Waals surface area contributed by atoms with Crippen molar-refractivity contribution >= 4 is 15.9 Å². The molecule has 0 aliphatic rings. The molecule has 0 N–H and O–H groups in total. The third-order valence-corrected chi connectivity index (χ3v) is 5.68. The highest BCUT2D eigenvalue weighted by atomic mass is 32.2. The second kappa shape index (κ2) is 6.53. The van der Waals surface area contributed by atoms with Crippen LogP contribution in [0.25, 0.3) is 11.3 Å².